The van der Waals surface area contributed by atoms with Gasteiger partial charge >= 0.3 is 0 Å². The topological polar surface area (TPSA) is 53.0 Å². The maximum absolute atomic E-state index is 10.9. The zero-order valence-corrected chi connectivity index (χ0v) is 10.6. The van der Waals surface area contributed by atoms with E-state index in [1.54, 1.807) is 6.07 Å². The van der Waals surface area contributed by atoms with Gasteiger partial charge in [-0.3, -0.25) is 4.98 Å². The van der Waals surface area contributed by atoms with Crippen LogP contribution in [0.2, 0.25) is 0 Å². The van der Waals surface area contributed by atoms with Crippen LogP contribution in [-0.2, 0) is 6.42 Å². The predicted octanol–water partition coefficient (Wildman–Crippen LogP) is 2.20. The van der Waals surface area contributed by atoms with Gasteiger partial charge in [0.1, 0.15) is 0 Å². The smallest absolute Gasteiger partial charge is 0.0902 e. The van der Waals surface area contributed by atoms with Crippen molar-refractivity contribution in [3.05, 3.63) is 29.6 Å². The van der Waals surface area contributed by atoms with Gasteiger partial charge in [-0.25, -0.2) is 0 Å². The van der Waals surface area contributed by atoms with Gasteiger partial charge in [-0.2, -0.15) is 0 Å². The van der Waals surface area contributed by atoms with E-state index in [-0.39, 0.29) is 5.69 Å². The molecule has 3 nitrogen and oxygen atoms in total. The molecule has 0 aliphatic heterocycles. The van der Waals surface area contributed by atoms with Crippen LogP contribution in [0.15, 0.2) is 18.3 Å². The first-order chi connectivity index (χ1) is 8.19. The Kier molecular flexibility index (Phi) is 5.67. The lowest BCUT2D eigenvalue weighted by Crippen LogP contribution is -2.25. The van der Waals surface area contributed by atoms with E-state index in [0.29, 0.717) is 5.92 Å². The second-order valence-electron chi connectivity index (χ2n) is 4.42. The molecule has 0 N–H and O–H groups in total. The lowest BCUT2D eigenvalue weighted by molar-refractivity contribution is -0.255. The molecule has 94 valence electrons. The zero-order valence-electron chi connectivity index (χ0n) is 10.6. The Morgan fingerprint density at radius 2 is 2.24 bits per heavy atom. The van der Waals surface area contributed by atoms with E-state index in [9.17, 15) is 9.90 Å². The highest BCUT2D eigenvalue weighted by molar-refractivity contribution is 5.85. The molecule has 1 aromatic rings. The molecule has 0 aromatic carbocycles. The number of nitrogens with zero attached hydrogens (tertiary/aromatic N) is 1. The van der Waals surface area contributed by atoms with Crippen molar-refractivity contribution in [3.8, 4) is 0 Å². The van der Waals surface area contributed by atoms with Gasteiger partial charge in [-0.05, 0) is 24.0 Å². The Bertz CT molecular complexity index is 363. The third-order valence-electron chi connectivity index (χ3n) is 3.14. The third kappa shape index (κ3) is 4.17. The molecule has 1 aromatic heterocycles. The second-order valence-corrected chi connectivity index (χ2v) is 4.42. The number of carbonyl (C=O) groups is 1. The first-order valence-corrected chi connectivity index (χ1v) is 6.34. The summed E-state index contributed by atoms with van der Waals surface area (Å²) in [5.41, 5.74) is 0.901. The molecule has 17 heavy (non-hydrogen) atoms. The molecule has 3 heteroatoms. The molecular weight excluding hydrogens is 214 g/mol. The molecule has 1 rings (SSSR count). The van der Waals surface area contributed by atoms with Crippen LogP contribution in [0.25, 0.3) is 0 Å². The highest BCUT2D eigenvalue weighted by Gasteiger charge is 2.11. The van der Waals surface area contributed by atoms with Gasteiger partial charge in [0.05, 0.1) is 11.7 Å². The maximum atomic E-state index is 10.9. The van der Waals surface area contributed by atoms with Crippen LogP contribution < -0.4 is 5.11 Å². The van der Waals surface area contributed by atoms with Crippen molar-refractivity contribution < 1.29 is 9.90 Å². The van der Waals surface area contributed by atoms with E-state index in [4.69, 9.17) is 0 Å². The molecule has 0 amide bonds. The predicted molar refractivity (Wildman–Crippen MR) is 65.6 cm³/mol. The van der Waals surface area contributed by atoms with E-state index < -0.39 is 5.97 Å². The summed E-state index contributed by atoms with van der Waals surface area (Å²) in [5, 5.41) is 10.9. The molecule has 0 aliphatic rings. The Morgan fingerprint density at radius 3 is 2.82 bits per heavy atom. The van der Waals surface area contributed by atoms with Crippen molar-refractivity contribution in [2.24, 2.45) is 5.92 Å². The summed E-state index contributed by atoms with van der Waals surface area (Å²) in [6.45, 7) is 4.32. The van der Waals surface area contributed by atoms with E-state index in [0.717, 1.165) is 24.8 Å². The van der Waals surface area contributed by atoms with E-state index in [1.807, 2.05) is 6.07 Å². The molecule has 1 heterocycles. The minimum Gasteiger partial charge on any atom is -0.543 e. The Balaban J connectivity index is 2.75. The highest BCUT2D eigenvalue weighted by atomic mass is 16.4. The van der Waals surface area contributed by atoms with E-state index >= 15 is 0 Å². The van der Waals surface area contributed by atoms with Crippen LogP contribution in [0, 0.1) is 5.92 Å². The summed E-state index contributed by atoms with van der Waals surface area (Å²) in [4.78, 5) is 14.8. The standard InChI is InChI=1S/C14H21NO2/c1-3-5-7-11(4-2)10-12-8-6-9-15-13(12)14(16)17/h6,8-9,11H,3-5,7,10H2,1-2H3,(H,16,17)/p-1. The number of carbonyl (C=O) groups excluding carboxylic acids is 1. The molecule has 0 aliphatic carbocycles. The monoisotopic (exact) mass is 234 g/mol. The first kappa shape index (κ1) is 13.7. The molecule has 0 bridgehead atoms. The van der Waals surface area contributed by atoms with Gasteiger partial charge in [-0.15, -0.1) is 0 Å². The summed E-state index contributed by atoms with van der Waals surface area (Å²) >= 11 is 0. The molecule has 0 saturated heterocycles. The fourth-order valence-corrected chi connectivity index (χ4v) is 2.04. The van der Waals surface area contributed by atoms with Gasteiger partial charge in [0.15, 0.2) is 0 Å². The van der Waals surface area contributed by atoms with Crippen molar-refractivity contribution in [3.63, 3.8) is 0 Å². The number of pyridine rings is 1. The minimum absolute atomic E-state index is 0.0995. The highest BCUT2D eigenvalue weighted by Crippen LogP contribution is 2.19. The van der Waals surface area contributed by atoms with Gasteiger partial charge in [0.2, 0.25) is 0 Å². The lowest BCUT2D eigenvalue weighted by atomic mass is 9.91. The molecule has 0 saturated carbocycles. The summed E-state index contributed by atoms with van der Waals surface area (Å²) in [6, 6.07) is 3.63. The minimum atomic E-state index is -1.18. The van der Waals surface area contributed by atoms with Gasteiger partial charge in [0, 0.05) is 6.20 Å². The quantitative estimate of drug-likeness (QED) is 0.726. The molecule has 0 radical (unpaired) electrons. The number of aromatic nitrogens is 1. The summed E-state index contributed by atoms with van der Waals surface area (Å²) in [5.74, 6) is -0.636. The summed E-state index contributed by atoms with van der Waals surface area (Å²) in [6.07, 6.45) is 6.88. The average molecular weight is 234 g/mol. The summed E-state index contributed by atoms with van der Waals surface area (Å²) < 4.78 is 0. The molecular formula is C14H20NO2-. The van der Waals surface area contributed by atoms with Crippen LogP contribution in [0.4, 0.5) is 0 Å². The third-order valence-corrected chi connectivity index (χ3v) is 3.14. The number of unbranched alkanes of at least 4 members (excludes halogenated alkanes) is 1. The lowest BCUT2D eigenvalue weighted by Gasteiger charge is -2.16. The number of hydrogen-bond acceptors (Lipinski definition) is 3. The van der Waals surface area contributed by atoms with Gasteiger partial charge < -0.3 is 9.90 Å². The number of carboxylic acids is 1. The van der Waals surface area contributed by atoms with Crippen molar-refractivity contribution in [2.45, 2.75) is 46.0 Å². The van der Waals surface area contributed by atoms with Gasteiger partial charge in [-0.1, -0.05) is 45.6 Å². The van der Waals surface area contributed by atoms with E-state index in [2.05, 4.69) is 18.8 Å². The molecule has 0 fully saturated rings. The summed E-state index contributed by atoms with van der Waals surface area (Å²) in [7, 11) is 0. The Hall–Kier alpha value is -1.38. The molecule has 1 atom stereocenters. The largest absolute Gasteiger partial charge is 0.543 e. The van der Waals surface area contributed by atoms with Crippen LogP contribution in [0.1, 0.15) is 55.6 Å². The second kappa shape index (κ2) is 7.05. The normalized spacial score (nSPS) is 12.4. The molecule has 0 spiro atoms. The number of aromatic carboxylic acids is 1. The van der Waals surface area contributed by atoms with Crippen molar-refractivity contribution in [1.82, 2.24) is 4.98 Å². The fourth-order valence-electron chi connectivity index (χ4n) is 2.04. The maximum Gasteiger partial charge on any atom is 0.0902 e. The molecule has 1 unspecified atom stereocenters. The van der Waals surface area contributed by atoms with Crippen LogP contribution in [0.3, 0.4) is 0 Å². The van der Waals surface area contributed by atoms with Gasteiger partial charge in [0.25, 0.3) is 0 Å². The van der Waals surface area contributed by atoms with Crippen molar-refractivity contribution in [2.75, 3.05) is 0 Å². The van der Waals surface area contributed by atoms with Crippen LogP contribution in [0.5, 0.6) is 0 Å². The van der Waals surface area contributed by atoms with E-state index in [1.165, 1.54) is 19.0 Å². The van der Waals surface area contributed by atoms with Crippen molar-refractivity contribution in [1.29, 1.82) is 0 Å². The number of rotatable bonds is 7. The van der Waals surface area contributed by atoms with Crippen LogP contribution in [-0.4, -0.2) is 11.0 Å². The number of hydrogen-bond donors (Lipinski definition) is 0. The zero-order chi connectivity index (χ0) is 12.7. The fraction of sp³-hybridized carbons (Fsp3) is 0.571. The Morgan fingerprint density at radius 1 is 1.47 bits per heavy atom. The number of carboxylic acid groups (broad SMARTS) is 1. The first-order valence-electron chi connectivity index (χ1n) is 6.34. The van der Waals surface area contributed by atoms with Crippen molar-refractivity contribution >= 4 is 5.97 Å². The van der Waals surface area contributed by atoms with Crippen LogP contribution >= 0.6 is 0 Å². The average Bonchev–Trinajstić information content (AvgIpc) is 2.34. The Labute approximate surface area is 103 Å². The SMILES string of the molecule is CCCCC(CC)Cc1cccnc1C(=O)[O-].